The second-order valence-electron chi connectivity index (χ2n) is 9.30. The van der Waals surface area contributed by atoms with E-state index in [0.29, 0.717) is 35.4 Å². The molecule has 3 heterocycles. The molecule has 3 aromatic rings. The van der Waals surface area contributed by atoms with Gasteiger partial charge >= 0.3 is 0 Å². The summed E-state index contributed by atoms with van der Waals surface area (Å²) in [5.74, 6) is 1.82. The number of carbonyl (C=O) groups is 1. The van der Waals surface area contributed by atoms with Crippen LogP contribution in [0.5, 0.6) is 5.75 Å². The topological polar surface area (TPSA) is 153 Å². The van der Waals surface area contributed by atoms with Gasteiger partial charge in [-0.15, -0.1) is 0 Å². The maximum atomic E-state index is 12.0. The van der Waals surface area contributed by atoms with Crippen molar-refractivity contribution >= 4 is 17.7 Å². The van der Waals surface area contributed by atoms with Gasteiger partial charge in [0.05, 0.1) is 24.2 Å². The molecule has 0 saturated carbocycles. The molecule has 0 saturated heterocycles. The van der Waals surface area contributed by atoms with E-state index in [0.717, 1.165) is 17.1 Å². The van der Waals surface area contributed by atoms with Crippen LogP contribution in [0.4, 0.5) is 11.8 Å². The molecule has 0 aliphatic rings. The summed E-state index contributed by atoms with van der Waals surface area (Å²) in [6.45, 7) is 10.3. The number of ether oxygens (including phenoxy) is 2. The summed E-state index contributed by atoms with van der Waals surface area (Å²) >= 11 is 0. The fraction of sp³-hybridized carbons (Fsp3) is 0.458. The van der Waals surface area contributed by atoms with Gasteiger partial charge in [-0.2, -0.15) is 0 Å². The number of hydrogen-bond donors (Lipinski definition) is 4. The zero-order chi connectivity index (χ0) is 25.8. The third-order valence-corrected chi connectivity index (χ3v) is 5.38. The first-order valence-corrected chi connectivity index (χ1v) is 11.3. The number of nitrogens with two attached hydrogens (primary N) is 1. The number of nitrogens with zero attached hydrogens (tertiary/aromatic N) is 4. The average Bonchev–Trinajstić information content (AvgIpc) is 3.29. The van der Waals surface area contributed by atoms with Gasteiger partial charge in [-0.1, -0.05) is 20.8 Å². The van der Waals surface area contributed by atoms with Gasteiger partial charge in [-0.25, -0.2) is 19.9 Å². The highest BCUT2D eigenvalue weighted by Crippen LogP contribution is 2.34. The minimum atomic E-state index is -0.519. The summed E-state index contributed by atoms with van der Waals surface area (Å²) in [4.78, 5) is 33.6. The quantitative estimate of drug-likeness (QED) is 0.360. The number of anilines is 2. The first-order chi connectivity index (χ1) is 16.5. The standard InChI is InChI=1S/C24H34N8O3/c1-13(29-21(33)14(2)34-6)11-28-23-26-9-8-16(30-23)19-18(31-22(32-19)24(3,4)5)15-10-17(35-7)20(25)27-12-15/h8-10,12-14H,11H2,1-7H3,(H2,25,27)(H,29,33)(H,31,32)(H,26,28,30)/t13-,14+/m0/s1. The molecule has 3 rings (SSSR count). The molecule has 188 valence electrons. The van der Waals surface area contributed by atoms with Gasteiger partial charge in [0.2, 0.25) is 11.9 Å². The molecular weight excluding hydrogens is 448 g/mol. The first-order valence-electron chi connectivity index (χ1n) is 11.3. The number of H-pyrrole nitrogens is 1. The fourth-order valence-corrected chi connectivity index (χ4v) is 3.22. The number of methoxy groups -OCH3 is 2. The summed E-state index contributed by atoms with van der Waals surface area (Å²) < 4.78 is 10.4. The molecule has 1 amide bonds. The number of rotatable bonds is 9. The second kappa shape index (κ2) is 10.7. The van der Waals surface area contributed by atoms with Crippen LogP contribution in [0.2, 0.25) is 0 Å². The summed E-state index contributed by atoms with van der Waals surface area (Å²) in [7, 11) is 3.04. The number of carbonyl (C=O) groups excluding carboxylic acids is 1. The highest BCUT2D eigenvalue weighted by atomic mass is 16.5. The fourth-order valence-electron chi connectivity index (χ4n) is 3.22. The van der Waals surface area contributed by atoms with Crippen molar-refractivity contribution in [2.45, 2.75) is 52.2 Å². The number of amides is 1. The van der Waals surface area contributed by atoms with Crippen LogP contribution in [0.3, 0.4) is 0 Å². The maximum absolute atomic E-state index is 12.0. The Labute approximate surface area is 205 Å². The molecule has 0 aliphatic carbocycles. The van der Waals surface area contributed by atoms with Crippen LogP contribution in [0, 0.1) is 0 Å². The van der Waals surface area contributed by atoms with Crippen LogP contribution >= 0.6 is 0 Å². The van der Waals surface area contributed by atoms with Gasteiger partial charge in [-0.3, -0.25) is 4.79 Å². The Kier molecular flexibility index (Phi) is 7.90. The molecule has 5 N–H and O–H groups in total. The normalized spacial score (nSPS) is 13.2. The largest absolute Gasteiger partial charge is 0.493 e. The van der Waals surface area contributed by atoms with Crippen molar-refractivity contribution in [2.24, 2.45) is 0 Å². The van der Waals surface area contributed by atoms with E-state index in [4.69, 9.17) is 20.2 Å². The van der Waals surface area contributed by atoms with E-state index in [1.807, 2.05) is 13.0 Å². The van der Waals surface area contributed by atoms with Crippen LogP contribution in [-0.4, -0.2) is 63.7 Å². The van der Waals surface area contributed by atoms with Crippen LogP contribution in [0.15, 0.2) is 24.5 Å². The van der Waals surface area contributed by atoms with Gasteiger partial charge < -0.3 is 30.8 Å². The van der Waals surface area contributed by atoms with E-state index in [-0.39, 0.29) is 17.4 Å². The summed E-state index contributed by atoms with van der Waals surface area (Å²) in [6.07, 6.45) is 2.81. The van der Waals surface area contributed by atoms with E-state index in [9.17, 15) is 4.79 Å². The van der Waals surface area contributed by atoms with Crippen LogP contribution in [-0.2, 0) is 14.9 Å². The predicted molar refractivity (Wildman–Crippen MR) is 135 cm³/mol. The highest BCUT2D eigenvalue weighted by Gasteiger charge is 2.24. The van der Waals surface area contributed by atoms with Crippen molar-refractivity contribution in [2.75, 3.05) is 31.8 Å². The van der Waals surface area contributed by atoms with Crippen molar-refractivity contribution in [1.29, 1.82) is 0 Å². The molecule has 0 fully saturated rings. The maximum Gasteiger partial charge on any atom is 0.249 e. The van der Waals surface area contributed by atoms with Gasteiger partial charge in [0.25, 0.3) is 0 Å². The lowest BCUT2D eigenvalue weighted by Gasteiger charge is -2.17. The van der Waals surface area contributed by atoms with Crippen molar-refractivity contribution < 1.29 is 14.3 Å². The molecular formula is C24H34N8O3. The van der Waals surface area contributed by atoms with E-state index >= 15 is 0 Å². The molecule has 2 atom stereocenters. The van der Waals surface area contributed by atoms with Crippen molar-refractivity contribution in [3.8, 4) is 28.4 Å². The van der Waals surface area contributed by atoms with Gasteiger partial charge in [0, 0.05) is 43.1 Å². The van der Waals surface area contributed by atoms with E-state index in [2.05, 4.69) is 51.3 Å². The van der Waals surface area contributed by atoms with Crippen molar-refractivity contribution in [3.05, 3.63) is 30.4 Å². The number of imidazole rings is 1. The molecule has 0 radical (unpaired) electrons. The Morgan fingerprint density at radius 3 is 2.60 bits per heavy atom. The summed E-state index contributed by atoms with van der Waals surface area (Å²) in [5, 5.41) is 6.06. The minimum absolute atomic E-state index is 0.157. The van der Waals surface area contributed by atoms with E-state index in [1.165, 1.54) is 7.11 Å². The van der Waals surface area contributed by atoms with Crippen molar-refractivity contribution in [3.63, 3.8) is 0 Å². The molecule has 35 heavy (non-hydrogen) atoms. The van der Waals surface area contributed by atoms with Crippen LogP contribution in [0.1, 0.15) is 40.4 Å². The van der Waals surface area contributed by atoms with E-state index < -0.39 is 6.10 Å². The molecule has 3 aromatic heterocycles. The smallest absolute Gasteiger partial charge is 0.249 e. The predicted octanol–water partition coefficient (Wildman–Crippen LogP) is 2.77. The minimum Gasteiger partial charge on any atom is -0.493 e. The number of aromatic nitrogens is 5. The molecule has 11 nitrogen and oxygen atoms in total. The monoisotopic (exact) mass is 482 g/mol. The highest BCUT2D eigenvalue weighted by molar-refractivity contribution is 5.80. The number of hydrogen-bond acceptors (Lipinski definition) is 9. The zero-order valence-electron chi connectivity index (χ0n) is 21.3. The van der Waals surface area contributed by atoms with E-state index in [1.54, 1.807) is 32.5 Å². The molecule has 0 spiro atoms. The van der Waals surface area contributed by atoms with Gasteiger partial charge in [-0.05, 0) is 26.0 Å². The average molecular weight is 483 g/mol. The number of nitrogens with one attached hydrogen (secondary N) is 3. The molecule has 11 heteroatoms. The lowest BCUT2D eigenvalue weighted by molar-refractivity contribution is -0.130. The third-order valence-electron chi connectivity index (χ3n) is 5.38. The third kappa shape index (κ3) is 6.24. The Balaban J connectivity index is 1.90. The van der Waals surface area contributed by atoms with Crippen molar-refractivity contribution in [1.82, 2.24) is 30.2 Å². The number of aromatic amines is 1. The zero-order valence-corrected chi connectivity index (χ0v) is 21.3. The molecule has 0 unspecified atom stereocenters. The van der Waals surface area contributed by atoms with Gasteiger partial charge in [0.1, 0.15) is 11.9 Å². The first kappa shape index (κ1) is 25.9. The molecule has 0 aliphatic heterocycles. The number of nitrogen functional groups attached to an aromatic ring is 1. The number of pyridine rings is 1. The molecule has 0 aromatic carbocycles. The van der Waals surface area contributed by atoms with Crippen LogP contribution < -0.4 is 21.1 Å². The summed E-state index contributed by atoms with van der Waals surface area (Å²) in [5.41, 5.74) is 8.49. The lowest BCUT2D eigenvalue weighted by atomic mass is 9.96. The Bertz CT molecular complexity index is 1170. The molecule has 0 bridgehead atoms. The Hall–Kier alpha value is -3.73. The SMILES string of the molecule is COc1cc(-c2nc(C(C)(C)C)[nH]c2-c2ccnc(NC[C@H](C)NC(=O)[C@@H](C)OC)n2)cnc1N. The van der Waals surface area contributed by atoms with Crippen LogP contribution in [0.25, 0.3) is 22.6 Å². The summed E-state index contributed by atoms with van der Waals surface area (Å²) in [6, 6.07) is 3.46. The Morgan fingerprint density at radius 2 is 1.94 bits per heavy atom. The Morgan fingerprint density at radius 1 is 1.20 bits per heavy atom. The second-order valence-corrected chi connectivity index (χ2v) is 9.30. The van der Waals surface area contributed by atoms with Gasteiger partial charge in [0.15, 0.2) is 11.6 Å². The lowest BCUT2D eigenvalue weighted by Crippen LogP contribution is -2.42.